The van der Waals surface area contributed by atoms with E-state index in [0.29, 0.717) is 11.9 Å². The van der Waals surface area contributed by atoms with Gasteiger partial charge in [0.25, 0.3) is 0 Å². The number of hydrogen-bond donors (Lipinski definition) is 0. The van der Waals surface area contributed by atoms with Crippen molar-refractivity contribution in [3.8, 4) is 0 Å². The van der Waals surface area contributed by atoms with Crippen LogP contribution in [0.2, 0.25) is 0 Å². The topological polar surface area (TPSA) is 20.3 Å². The van der Waals surface area contributed by atoms with Crippen LogP contribution in [0, 0.1) is 0 Å². The first-order chi connectivity index (χ1) is 9.25. The van der Waals surface area contributed by atoms with E-state index in [-0.39, 0.29) is 0 Å². The zero-order valence-electron chi connectivity index (χ0n) is 13.1. The molecular weight excluding hydrogens is 234 g/mol. The second-order valence-electron chi connectivity index (χ2n) is 6.17. The summed E-state index contributed by atoms with van der Waals surface area (Å²) in [6.45, 7) is 2.25. The van der Waals surface area contributed by atoms with E-state index in [9.17, 15) is 4.79 Å². The molecule has 0 atom stereocenters. The first-order valence-corrected chi connectivity index (χ1v) is 8.51. The Morgan fingerprint density at radius 2 is 1.53 bits per heavy atom. The van der Waals surface area contributed by atoms with Gasteiger partial charge in [-0.25, -0.2) is 0 Å². The Bertz CT molecular complexity index is 233. The average Bonchev–Trinajstić information content (AvgIpc) is 2.46. The summed E-state index contributed by atoms with van der Waals surface area (Å²) in [5.41, 5.74) is 0. The van der Waals surface area contributed by atoms with E-state index in [1.54, 1.807) is 0 Å². The lowest BCUT2D eigenvalue weighted by atomic mass is 9.94. The molecule has 0 saturated heterocycles. The average molecular weight is 267 g/mol. The van der Waals surface area contributed by atoms with E-state index in [1.807, 2.05) is 11.9 Å². The molecule has 0 bridgehead atoms. The summed E-state index contributed by atoms with van der Waals surface area (Å²) in [6.07, 6.45) is 16.2. The van der Waals surface area contributed by atoms with E-state index >= 15 is 0 Å². The first kappa shape index (κ1) is 16.5. The fourth-order valence-electron chi connectivity index (χ4n) is 3.08. The standard InChI is InChI=1S/C17H33NO/c1-3-4-5-6-7-8-12-15-17(19)18(2)16-13-10-9-11-14-16/h16H,3-15H2,1-2H3. The molecule has 0 aromatic carbocycles. The van der Waals surface area contributed by atoms with Gasteiger partial charge in [-0.1, -0.05) is 64.7 Å². The van der Waals surface area contributed by atoms with Gasteiger partial charge in [-0.3, -0.25) is 4.79 Å². The molecule has 1 aliphatic rings. The summed E-state index contributed by atoms with van der Waals surface area (Å²) < 4.78 is 0. The van der Waals surface area contributed by atoms with Crippen molar-refractivity contribution >= 4 is 5.91 Å². The molecule has 19 heavy (non-hydrogen) atoms. The molecule has 2 heteroatoms. The van der Waals surface area contributed by atoms with Gasteiger partial charge in [0.15, 0.2) is 0 Å². The van der Waals surface area contributed by atoms with Crippen molar-refractivity contribution in [2.75, 3.05) is 7.05 Å². The minimum absolute atomic E-state index is 0.375. The highest BCUT2D eigenvalue weighted by Gasteiger charge is 2.21. The van der Waals surface area contributed by atoms with E-state index in [1.165, 1.54) is 70.6 Å². The third-order valence-corrected chi connectivity index (χ3v) is 4.51. The van der Waals surface area contributed by atoms with Gasteiger partial charge in [0, 0.05) is 19.5 Å². The SMILES string of the molecule is CCCCCCCCCC(=O)N(C)C1CCCCC1. The molecule has 0 spiro atoms. The maximum atomic E-state index is 12.1. The van der Waals surface area contributed by atoms with Crippen molar-refractivity contribution in [3.05, 3.63) is 0 Å². The lowest BCUT2D eigenvalue weighted by Crippen LogP contribution is -2.38. The van der Waals surface area contributed by atoms with Crippen LogP contribution in [0.1, 0.15) is 90.4 Å². The minimum Gasteiger partial charge on any atom is -0.343 e. The van der Waals surface area contributed by atoms with Gasteiger partial charge in [-0.05, 0) is 19.3 Å². The molecule has 2 nitrogen and oxygen atoms in total. The van der Waals surface area contributed by atoms with Crippen LogP contribution in [0.5, 0.6) is 0 Å². The predicted octanol–water partition coefficient (Wildman–Crippen LogP) is 4.92. The van der Waals surface area contributed by atoms with Crippen molar-refractivity contribution in [2.45, 2.75) is 96.4 Å². The summed E-state index contributed by atoms with van der Waals surface area (Å²) in [6, 6.07) is 0.533. The second kappa shape index (κ2) is 10.3. The zero-order chi connectivity index (χ0) is 13.9. The van der Waals surface area contributed by atoms with E-state index in [2.05, 4.69) is 6.92 Å². The monoisotopic (exact) mass is 267 g/mol. The van der Waals surface area contributed by atoms with Gasteiger partial charge >= 0.3 is 0 Å². The zero-order valence-corrected chi connectivity index (χ0v) is 13.1. The fourth-order valence-corrected chi connectivity index (χ4v) is 3.08. The second-order valence-corrected chi connectivity index (χ2v) is 6.17. The summed E-state index contributed by atoms with van der Waals surface area (Å²) in [7, 11) is 2.01. The molecule has 0 radical (unpaired) electrons. The normalized spacial score (nSPS) is 16.5. The summed E-state index contributed by atoms with van der Waals surface area (Å²) >= 11 is 0. The molecular formula is C17H33NO. The molecule has 1 fully saturated rings. The smallest absolute Gasteiger partial charge is 0.222 e. The van der Waals surface area contributed by atoms with E-state index < -0.39 is 0 Å². The highest BCUT2D eigenvalue weighted by atomic mass is 16.2. The van der Waals surface area contributed by atoms with E-state index in [4.69, 9.17) is 0 Å². The number of nitrogens with zero attached hydrogens (tertiary/aromatic N) is 1. The minimum atomic E-state index is 0.375. The van der Waals surface area contributed by atoms with Crippen LogP contribution in [0.25, 0.3) is 0 Å². The predicted molar refractivity (Wildman–Crippen MR) is 82.3 cm³/mol. The van der Waals surface area contributed by atoms with Gasteiger partial charge in [0.1, 0.15) is 0 Å². The third-order valence-electron chi connectivity index (χ3n) is 4.51. The Morgan fingerprint density at radius 3 is 2.16 bits per heavy atom. The van der Waals surface area contributed by atoms with Crippen molar-refractivity contribution in [1.29, 1.82) is 0 Å². The van der Waals surface area contributed by atoms with Crippen molar-refractivity contribution in [3.63, 3.8) is 0 Å². The maximum Gasteiger partial charge on any atom is 0.222 e. The highest BCUT2D eigenvalue weighted by molar-refractivity contribution is 5.76. The van der Waals surface area contributed by atoms with E-state index in [0.717, 1.165) is 12.8 Å². The molecule has 112 valence electrons. The number of unbranched alkanes of at least 4 members (excludes halogenated alkanes) is 6. The largest absolute Gasteiger partial charge is 0.343 e. The molecule has 0 aromatic heterocycles. The van der Waals surface area contributed by atoms with Crippen LogP contribution < -0.4 is 0 Å². The molecule has 1 saturated carbocycles. The van der Waals surface area contributed by atoms with Crippen LogP contribution in [0.15, 0.2) is 0 Å². The van der Waals surface area contributed by atoms with Crippen LogP contribution in [-0.4, -0.2) is 23.9 Å². The number of hydrogen-bond acceptors (Lipinski definition) is 1. The Labute approximate surface area is 119 Å². The van der Waals surface area contributed by atoms with Crippen molar-refractivity contribution in [2.24, 2.45) is 0 Å². The van der Waals surface area contributed by atoms with Crippen LogP contribution in [-0.2, 0) is 4.79 Å². The van der Waals surface area contributed by atoms with Crippen molar-refractivity contribution < 1.29 is 4.79 Å². The molecule has 1 amide bonds. The number of rotatable bonds is 9. The molecule has 0 aromatic rings. The molecule has 0 N–H and O–H groups in total. The van der Waals surface area contributed by atoms with Crippen LogP contribution in [0.3, 0.4) is 0 Å². The fraction of sp³-hybridized carbons (Fsp3) is 0.941. The number of carbonyl (C=O) groups excluding carboxylic acids is 1. The summed E-state index contributed by atoms with van der Waals surface area (Å²) in [5, 5.41) is 0. The summed E-state index contributed by atoms with van der Waals surface area (Å²) in [4.78, 5) is 14.1. The number of carbonyl (C=O) groups is 1. The summed E-state index contributed by atoms with van der Waals surface area (Å²) in [5.74, 6) is 0.375. The third kappa shape index (κ3) is 6.98. The molecule has 1 aliphatic carbocycles. The lowest BCUT2D eigenvalue weighted by molar-refractivity contribution is -0.132. The Hall–Kier alpha value is -0.530. The quantitative estimate of drug-likeness (QED) is 0.543. The van der Waals surface area contributed by atoms with Crippen LogP contribution in [0.4, 0.5) is 0 Å². The Balaban J connectivity index is 2.03. The van der Waals surface area contributed by atoms with Gasteiger partial charge in [0.05, 0.1) is 0 Å². The Kier molecular flexibility index (Phi) is 8.94. The highest BCUT2D eigenvalue weighted by Crippen LogP contribution is 2.22. The number of amides is 1. The molecule has 0 heterocycles. The molecule has 0 aliphatic heterocycles. The van der Waals surface area contributed by atoms with Crippen LogP contribution >= 0.6 is 0 Å². The van der Waals surface area contributed by atoms with Gasteiger partial charge in [-0.15, -0.1) is 0 Å². The molecule has 0 unspecified atom stereocenters. The van der Waals surface area contributed by atoms with Gasteiger partial charge in [0.2, 0.25) is 5.91 Å². The van der Waals surface area contributed by atoms with Crippen molar-refractivity contribution in [1.82, 2.24) is 4.90 Å². The lowest BCUT2D eigenvalue weighted by Gasteiger charge is -2.31. The molecule has 1 rings (SSSR count). The maximum absolute atomic E-state index is 12.1. The Morgan fingerprint density at radius 1 is 0.947 bits per heavy atom. The first-order valence-electron chi connectivity index (χ1n) is 8.51. The van der Waals surface area contributed by atoms with Gasteiger partial charge < -0.3 is 4.90 Å². The van der Waals surface area contributed by atoms with Gasteiger partial charge in [-0.2, -0.15) is 0 Å².